The van der Waals surface area contributed by atoms with Crippen molar-refractivity contribution in [1.82, 2.24) is 20.1 Å². The highest BCUT2D eigenvalue weighted by molar-refractivity contribution is 5.92. The number of carbonyl (C=O) groups excluding carboxylic acids is 1. The number of carbonyl (C=O) groups is 1. The van der Waals surface area contributed by atoms with Gasteiger partial charge in [-0.2, -0.15) is 0 Å². The van der Waals surface area contributed by atoms with Gasteiger partial charge >= 0.3 is 0 Å². The van der Waals surface area contributed by atoms with Gasteiger partial charge in [-0.25, -0.2) is 19.4 Å². The number of hydrogen-bond acceptors (Lipinski definition) is 5. The first-order valence-corrected chi connectivity index (χ1v) is 9.67. The number of aromatic nitrogens is 3. The summed E-state index contributed by atoms with van der Waals surface area (Å²) < 4.78 is 15.2. The van der Waals surface area contributed by atoms with Crippen molar-refractivity contribution in [3.8, 4) is 0 Å². The van der Waals surface area contributed by atoms with E-state index in [0.29, 0.717) is 11.5 Å². The van der Waals surface area contributed by atoms with Crippen molar-refractivity contribution in [1.29, 1.82) is 0 Å². The van der Waals surface area contributed by atoms with Crippen LogP contribution in [0, 0.1) is 5.82 Å². The second-order valence-corrected chi connectivity index (χ2v) is 8.16. The molecule has 0 bridgehead atoms. The molecule has 1 aromatic carbocycles. The average molecular weight is 397 g/mol. The molecule has 7 nitrogen and oxygen atoms in total. The van der Waals surface area contributed by atoms with Gasteiger partial charge in [0.15, 0.2) is 11.3 Å². The van der Waals surface area contributed by atoms with Crippen LogP contribution in [0.3, 0.4) is 0 Å². The van der Waals surface area contributed by atoms with Crippen molar-refractivity contribution in [2.75, 3.05) is 11.4 Å². The Kier molecular flexibility index (Phi) is 4.96. The summed E-state index contributed by atoms with van der Waals surface area (Å²) in [5.41, 5.74) is 3.71. The molecule has 29 heavy (non-hydrogen) atoms. The molecule has 1 atom stereocenters. The molecule has 1 fully saturated rings. The summed E-state index contributed by atoms with van der Waals surface area (Å²) in [6, 6.07) is 10.4. The Morgan fingerprint density at radius 2 is 2.10 bits per heavy atom. The standard InChI is InChI=1S/C21H24FN5O2/c1-21(2,3)29-25-20(28)17-13-23-18-9-10-19(24-27(17)18)26-11-5-8-16(26)14-6-4-7-15(22)12-14/h4,6-7,9-10,12-13,16H,5,8,11H2,1-3H3,(H,25,28). The monoisotopic (exact) mass is 397 g/mol. The van der Waals surface area contributed by atoms with Gasteiger partial charge in [-0.1, -0.05) is 12.1 Å². The first kappa shape index (κ1) is 19.3. The maximum atomic E-state index is 13.7. The van der Waals surface area contributed by atoms with Crippen LogP contribution < -0.4 is 10.4 Å². The minimum absolute atomic E-state index is 0.0423. The lowest BCUT2D eigenvalue weighted by Crippen LogP contribution is -2.34. The van der Waals surface area contributed by atoms with Gasteiger partial charge in [0, 0.05) is 6.54 Å². The fraction of sp³-hybridized carbons (Fsp3) is 0.381. The molecule has 152 valence electrons. The Morgan fingerprint density at radius 1 is 1.28 bits per heavy atom. The summed E-state index contributed by atoms with van der Waals surface area (Å²) >= 11 is 0. The van der Waals surface area contributed by atoms with Crippen LogP contribution in [0.15, 0.2) is 42.6 Å². The number of hydroxylamine groups is 1. The molecule has 0 spiro atoms. The number of hydrogen-bond donors (Lipinski definition) is 1. The first-order chi connectivity index (χ1) is 13.8. The van der Waals surface area contributed by atoms with E-state index in [0.717, 1.165) is 24.9 Å². The molecule has 2 aromatic heterocycles. The summed E-state index contributed by atoms with van der Waals surface area (Å²) in [6.45, 7) is 6.34. The van der Waals surface area contributed by atoms with Crippen LogP contribution in [0.2, 0.25) is 0 Å². The van der Waals surface area contributed by atoms with Gasteiger partial charge in [-0.05, 0) is 63.4 Å². The van der Waals surface area contributed by atoms with Crippen LogP contribution in [0.1, 0.15) is 55.7 Å². The van der Waals surface area contributed by atoms with E-state index in [1.807, 2.05) is 39.0 Å². The van der Waals surface area contributed by atoms with E-state index in [9.17, 15) is 9.18 Å². The van der Waals surface area contributed by atoms with Crippen LogP contribution in [0.4, 0.5) is 10.2 Å². The van der Waals surface area contributed by atoms with Gasteiger partial charge in [0.1, 0.15) is 11.6 Å². The molecule has 1 unspecified atom stereocenters. The number of nitrogens with zero attached hydrogens (tertiary/aromatic N) is 4. The van der Waals surface area contributed by atoms with E-state index in [2.05, 4.69) is 20.5 Å². The molecule has 8 heteroatoms. The molecule has 1 saturated heterocycles. The first-order valence-electron chi connectivity index (χ1n) is 9.67. The predicted octanol–water partition coefficient (Wildman–Crippen LogP) is 3.67. The fourth-order valence-electron chi connectivity index (χ4n) is 3.52. The minimum atomic E-state index is -0.511. The zero-order chi connectivity index (χ0) is 20.6. The summed E-state index contributed by atoms with van der Waals surface area (Å²) in [7, 11) is 0. The third-order valence-corrected chi connectivity index (χ3v) is 4.81. The van der Waals surface area contributed by atoms with Crippen molar-refractivity contribution in [3.05, 3.63) is 59.7 Å². The van der Waals surface area contributed by atoms with Crippen molar-refractivity contribution < 1.29 is 14.0 Å². The van der Waals surface area contributed by atoms with E-state index in [-0.39, 0.29) is 17.6 Å². The molecule has 0 radical (unpaired) electrons. The van der Waals surface area contributed by atoms with E-state index in [1.165, 1.54) is 16.8 Å². The van der Waals surface area contributed by atoms with Gasteiger partial charge in [-0.15, -0.1) is 5.10 Å². The molecule has 1 aliphatic heterocycles. The zero-order valence-electron chi connectivity index (χ0n) is 16.7. The molecule has 0 aliphatic carbocycles. The maximum absolute atomic E-state index is 13.7. The molecule has 4 rings (SSSR count). The normalized spacial score (nSPS) is 17.1. The van der Waals surface area contributed by atoms with E-state index < -0.39 is 11.5 Å². The van der Waals surface area contributed by atoms with Crippen molar-refractivity contribution >= 4 is 17.4 Å². The van der Waals surface area contributed by atoms with Crippen LogP contribution in [0.25, 0.3) is 5.65 Å². The van der Waals surface area contributed by atoms with Gasteiger partial charge in [0.25, 0.3) is 5.91 Å². The molecular formula is C21H24FN5O2. The summed E-state index contributed by atoms with van der Waals surface area (Å²) in [4.78, 5) is 24.3. The summed E-state index contributed by atoms with van der Waals surface area (Å²) in [5.74, 6) is 0.0541. The Morgan fingerprint density at radius 3 is 2.86 bits per heavy atom. The van der Waals surface area contributed by atoms with Crippen molar-refractivity contribution in [2.45, 2.75) is 45.3 Å². The zero-order valence-corrected chi connectivity index (χ0v) is 16.7. The molecular weight excluding hydrogens is 373 g/mol. The summed E-state index contributed by atoms with van der Waals surface area (Å²) in [5, 5.41) is 4.65. The minimum Gasteiger partial charge on any atom is -0.348 e. The lowest BCUT2D eigenvalue weighted by atomic mass is 10.0. The third kappa shape index (κ3) is 4.07. The Labute approximate surface area is 168 Å². The molecule has 3 aromatic rings. The second kappa shape index (κ2) is 7.44. The quantitative estimate of drug-likeness (QED) is 0.680. The van der Waals surface area contributed by atoms with E-state index >= 15 is 0 Å². The van der Waals surface area contributed by atoms with Gasteiger partial charge in [0.05, 0.1) is 17.8 Å². The number of rotatable bonds is 4. The number of fused-ring (bicyclic) bond motifs is 1. The highest BCUT2D eigenvalue weighted by Crippen LogP contribution is 2.35. The smallest absolute Gasteiger partial charge is 0.295 e. The predicted molar refractivity (Wildman–Crippen MR) is 107 cm³/mol. The van der Waals surface area contributed by atoms with E-state index in [1.54, 1.807) is 12.1 Å². The topological polar surface area (TPSA) is 71.8 Å². The highest BCUT2D eigenvalue weighted by atomic mass is 19.1. The number of nitrogens with one attached hydrogen (secondary N) is 1. The van der Waals surface area contributed by atoms with Crippen LogP contribution in [-0.2, 0) is 4.84 Å². The number of imidazole rings is 1. The van der Waals surface area contributed by atoms with Gasteiger partial charge in [0.2, 0.25) is 0 Å². The summed E-state index contributed by atoms with van der Waals surface area (Å²) in [6.07, 6.45) is 3.37. The lowest BCUT2D eigenvalue weighted by Gasteiger charge is -2.26. The Hall–Kier alpha value is -3.00. The second-order valence-electron chi connectivity index (χ2n) is 8.16. The van der Waals surface area contributed by atoms with Crippen LogP contribution >= 0.6 is 0 Å². The Balaban J connectivity index is 1.64. The lowest BCUT2D eigenvalue weighted by molar-refractivity contribution is -0.0592. The molecule has 3 heterocycles. The number of benzene rings is 1. The van der Waals surface area contributed by atoms with Crippen LogP contribution in [-0.4, -0.2) is 32.7 Å². The van der Waals surface area contributed by atoms with Crippen molar-refractivity contribution in [3.63, 3.8) is 0 Å². The van der Waals surface area contributed by atoms with Crippen molar-refractivity contribution in [2.24, 2.45) is 0 Å². The van der Waals surface area contributed by atoms with E-state index in [4.69, 9.17) is 4.84 Å². The largest absolute Gasteiger partial charge is 0.348 e. The molecule has 0 saturated carbocycles. The molecule has 1 aliphatic rings. The van der Waals surface area contributed by atoms with Gasteiger partial charge < -0.3 is 4.90 Å². The van der Waals surface area contributed by atoms with Crippen LogP contribution in [0.5, 0.6) is 0 Å². The Bertz CT molecular complexity index is 1040. The fourth-order valence-corrected chi connectivity index (χ4v) is 3.52. The molecule has 1 amide bonds. The average Bonchev–Trinajstić information content (AvgIpc) is 3.32. The number of halogens is 1. The highest BCUT2D eigenvalue weighted by Gasteiger charge is 2.28. The number of anilines is 1. The third-order valence-electron chi connectivity index (χ3n) is 4.81. The van der Waals surface area contributed by atoms with Gasteiger partial charge in [-0.3, -0.25) is 9.63 Å². The SMILES string of the molecule is CC(C)(C)ONC(=O)c1cnc2ccc(N3CCCC3c3cccc(F)c3)nn12. The number of amides is 1. The molecule has 1 N–H and O–H groups in total. The maximum Gasteiger partial charge on any atom is 0.295 e.